The van der Waals surface area contributed by atoms with Crippen molar-refractivity contribution in [3.63, 3.8) is 0 Å². The second-order valence-electron chi connectivity index (χ2n) is 8.29. The Morgan fingerprint density at radius 3 is 2.31 bits per heavy atom. The predicted octanol–water partition coefficient (Wildman–Crippen LogP) is 4.32. The number of amides is 1. The maximum Gasteiger partial charge on any atom is 0.496 e. The van der Waals surface area contributed by atoms with Crippen LogP contribution in [0.15, 0.2) is 30.4 Å². The van der Waals surface area contributed by atoms with E-state index in [2.05, 4.69) is 11.9 Å². The molecule has 1 amide bonds. The third-order valence-corrected chi connectivity index (χ3v) is 6.23. The van der Waals surface area contributed by atoms with Crippen LogP contribution in [-0.2, 0) is 14.1 Å². The lowest BCUT2D eigenvalue weighted by Gasteiger charge is -2.32. The molecule has 3 rings (SSSR count). The minimum Gasteiger partial charge on any atom is -0.399 e. The van der Waals surface area contributed by atoms with Crippen LogP contribution in [0.1, 0.15) is 53.4 Å². The Hall–Kier alpha value is -1.30. The molecule has 140 valence electrons. The Balaban J connectivity index is 1.70. The molecule has 6 heteroatoms. The van der Waals surface area contributed by atoms with Crippen molar-refractivity contribution in [3.05, 3.63) is 35.4 Å². The third-order valence-electron chi connectivity index (χ3n) is 5.91. The quantitative estimate of drug-likeness (QED) is 0.629. The summed E-state index contributed by atoms with van der Waals surface area (Å²) in [4.78, 5) is 12.4. The van der Waals surface area contributed by atoms with Gasteiger partial charge in [0.05, 0.1) is 11.2 Å². The summed E-state index contributed by atoms with van der Waals surface area (Å²) in [6, 6.07) is 5.41. The van der Waals surface area contributed by atoms with Gasteiger partial charge in [-0.05, 0) is 58.6 Å². The molecule has 0 atom stereocenters. The van der Waals surface area contributed by atoms with E-state index in [1.165, 1.54) is 12.8 Å². The summed E-state index contributed by atoms with van der Waals surface area (Å²) in [6.07, 6.45) is 4.44. The molecule has 1 saturated carbocycles. The number of anilines is 1. The van der Waals surface area contributed by atoms with Crippen molar-refractivity contribution in [2.45, 2.75) is 64.6 Å². The van der Waals surface area contributed by atoms with Crippen LogP contribution in [0, 0.1) is 5.92 Å². The normalized spacial score (nSPS) is 21.8. The van der Waals surface area contributed by atoms with Crippen molar-refractivity contribution in [1.29, 1.82) is 0 Å². The summed E-state index contributed by atoms with van der Waals surface area (Å²) in [5.74, 6) is 0.172. The Bertz CT molecular complexity index is 710. The maximum atomic E-state index is 12.4. The van der Waals surface area contributed by atoms with Crippen LogP contribution in [0.5, 0.6) is 0 Å². The minimum atomic E-state index is -0.522. The zero-order chi connectivity index (χ0) is 19.1. The highest BCUT2D eigenvalue weighted by atomic mass is 35.5. The highest BCUT2D eigenvalue weighted by Crippen LogP contribution is 2.37. The van der Waals surface area contributed by atoms with Gasteiger partial charge in [-0.2, -0.15) is 0 Å². The lowest BCUT2D eigenvalue weighted by Crippen LogP contribution is -2.41. The fourth-order valence-electron chi connectivity index (χ4n) is 3.44. The fraction of sp³-hybridized carbons (Fsp3) is 0.550. The van der Waals surface area contributed by atoms with E-state index in [-0.39, 0.29) is 5.91 Å². The summed E-state index contributed by atoms with van der Waals surface area (Å²) in [6.45, 7) is 12.0. The Labute approximate surface area is 161 Å². The number of rotatable bonds is 4. The molecule has 1 saturated heterocycles. The lowest BCUT2D eigenvalue weighted by molar-refractivity contribution is -0.113. The number of hydrogen-bond donors (Lipinski definition) is 1. The molecule has 0 unspecified atom stereocenters. The van der Waals surface area contributed by atoms with Gasteiger partial charge in [0.25, 0.3) is 5.91 Å². The van der Waals surface area contributed by atoms with Crippen molar-refractivity contribution in [2.24, 2.45) is 5.92 Å². The Morgan fingerprint density at radius 2 is 1.77 bits per heavy atom. The van der Waals surface area contributed by atoms with Crippen LogP contribution in [-0.4, -0.2) is 24.2 Å². The van der Waals surface area contributed by atoms with E-state index in [0.717, 1.165) is 18.3 Å². The average Bonchev–Trinajstić information content (AvgIpc) is 3.13. The van der Waals surface area contributed by atoms with E-state index in [1.807, 2.05) is 39.8 Å². The minimum absolute atomic E-state index is 0.128. The number of nitrogens with one attached hydrogen (secondary N) is 1. The number of carbonyl (C=O) groups is 1. The van der Waals surface area contributed by atoms with E-state index in [9.17, 15) is 4.79 Å². The molecule has 1 aromatic rings. The summed E-state index contributed by atoms with van der Waals surface area (Å²) in [5, 5.41) is 3.41. The monoisotopic (exact) mass is 375 g/mol. The molecule has 1 heterocycles. The topological polar surface area (TPSA) is 47.6 Å². The van der Waals surface area contributed by atoms with Gasteiger partial charge in [0.2, 0.25) is 0 Å². The molecular weight excluding hydrogens is 348 g/mol. The maximum absolute atomic E-state index is 12.4. The van der Waals surface area contributed by atoms with Crippen LogP contribution in [0.3, 0.4) is 0 Å². The molecule has 1 aliphatic carbocycles. The lowest BCUT2D eigenvalue weighted by atomic mass is 9.79. The van der Waals surface area contributed by atoms with Crippen LogP contribution < -0.4 is 10.8 Å². The molecule has 26 heavy (non-hydrogen) atoms. The molecule has 0 aromatic heterocycles. The first kappa shape index (κ1) is 19.5. The van der Waals surface area contributed by atoms with Gasteiger partial charge in [0.1, 0.15) is 0 Å². The molecule has 1 aromatic carbocycles. The second kappa shape index (κ2) is 7.03. The third kappa shape index (κ3) is 3.71. The average molecular weight is 376 g/mol. The van der Waals surface area contributed by atoms with Crippen LogP contribution in [0.25, 0.3) is 0 Å². The summed E-state index contributed by atoms with van der Waals surface area (Å²) < 4.78 is 12.1. The fourth-order valence-corrected chi connectivity index (χ4v) is 3.71. The first-order valence-corrected chi connectivity index (χ1v) is 9.64. The molecule has 2 fully saturated rings. The van der Waals surface area contributed by atoms with Crippen LogP contribution in [0.4, 0.5) is 5.69 Å². The van der Waals surface area contributed by atoms with Crippen LogP contribution in [0.2, 0.25) is 5.02 Å². The number of carbonyl (C=O) groups excluding carboxylic acids is 1. The van der Waals surface area contributed by atoms with Crippen molar-refractivity contribution in [2.75, 3.05) is 5.32 Å². The van der Waals surface area contributed by atoms with Crippen LogP contribution >= 0.6 is 11.6 Å². The summed E-state index contributed by atoms with van der Waals surface area (Å²) in [7, 11) is -0.522. The molecular formula is C20H27BClNO3. The first-order chi connectivity index (χ1) is 12.1. The van der Waals surface area contributed by atoms with Gasteiger partial charge in [0.15, 0.2) is 0 Å². The Morgan fingerprint density at radius 1 is 1.19 bits per heavy atom. The van der Waals surface area contributed by atoms with E-state index in [0.29, 0.717) is 22.2 Å². The highest BCUT2D eigenvalue weighted by molar-refractivity contribution is 6.65. The summed E-state index contributed by atoms with van der Waals surface area (Å²) in [5.41, 5.74) is 1.23. The number of halogens is 1. The van der Waals surface area contributed by atoms with Gasteiger partial charge in [-0.15, -0.1) is 0 Å². The predicted molar refractivity (Wildman–Crippen MR) is 107 cm³/mol. The molecule has 2 aliphatic rings. The molecule has 0 radical (unpaired) electrons. The first-order valence-electron chi connectivity index (χ1n) is 9.26. The number of benzene rings is 1. The standard InChI is InChI=1S/C20H27BClNO3/c1-13(14-8-6-7-9-14)18(24)23-15-10-11-16(17(22)12-15)21-25-19(2,3)20(4,5)26-21/h10-12,14H,1,6-9H2,2-5H3,(H,23,24). The number of hydrogen-bond acceptors (Lipinski definition) is 3. The highest BCUT2D eigenvalue weighted by Gasteiger charge is 2.52. The molecule has 0 spiro atoms. The molecule has 1 aliphatic heterocycles. The zero-order valence-electron chi connectivity index (χ0n) is 16.0. The van der Waals surface area contributed by atoms with Crippen molar-refractivity contribution in [3.8, 4) is 0 Å². The summed E-state index contributed by atoms with van der Waals surface area (Å²) >= 11 is 6.45. The van der Waals surface area contributed by atoms with Gasteiger partial charge in [-0.1, -0.05) is 37.1 Å². The molecule has 4 nitrogen and oxygen atoms in total. The SMILES string of the molecule is C=C(C(=O)Nc1ccc(B2OC(C)(C)C(C)(C)O2)c(Cl)c1)C1CCCC1. The smallest absolute Gasteiger partial charge is 0.399 e. The van der Waals surface area contributed by atoms with Crippen molar-refractivity contribution >= 4 is 35.8 Å². The molecule has 1 N–H and O–H groups in total. The van der Waals surface area contributed by atoms with Crippen molar-refractivity contribution < 1.29 is 14.1 Å². The van der Waals surface area contributed by atoms with E-state index in [1.54, 1.807) is 6.07 Å². The van der Waals surface area contributed by atoms with E-state index >= 15 is 0 Å². The van der Waals surface area contributed by atoms with E-state index < -0.39 is 18.3 Å². The largest absolute Gasteiger partial charge is 0.496 e. The van der Waals surface area contributed by atoms with Gasteiger partial charge in [-0.3, -0.25) is 4.79 Å². The van der Waals surface area contributed by atoms with Gasteiger partial charge in [-0.25, -0.2) is 0 Å². The second-order valence-corrected chi connectivity index (χ2v) is 8.69. The van der Waals surface area contributed by atoms with Gasteiger partial charge < -0.3 is 14.6 Å². The Kier molecular flexibility index (Phi) is 5.26. The van der Waals surface area contributed by atoms with Gasteiger partial charge >= 0.3 is 7.12 Å². The molecule has 0 bridgehead atoms. The van der Waals surface area contributed by atoms with Gasteiger partial charge in [0, 0.05) is 21.7 Å². The van der Waals surface area contributed by atoms with Crippen molar-refractivity contribution in [1.82, 2.24) is 0 Å². The van der Waals surface area contributed by atoms with E-state index in [4.69, 9.17) is 20.9 Å². The zero-order valence-corrected chi connectivity index (χ0v) is 16.8.